The molecule has 0 saturated carbocycles. The second kappa shape index (κ2) is 7.36. The molecule has 0 aromatic heterocycles. The van der Waals surface area contributed by atoms with E-state index in [0.29, 0.717) is 17.0 Å². The molecular weight excluding hydrogens is 336 g/mol. The predicted octanol–water partition coefficient (Wildman–Crippen LogP) is 0.745. The summed E-state index contributed by atoms with van der Waals surface area (Å²) in [6.07, 6.45) is 0. The quantitative estimate of drug-likeness (QED) is 0.793. The predicted molar refractivity (Wildman–Crippen MR) is 91.1 cm³/mol. The van der Waals surface area contributed by atoms with Crippen LogP contribution >= 0.6 is 0 Å². The number of rotatable bonds is 3. The molecule has 3 rings (SSSR count). The normalized spacial score (nSPS) is 12.4. The molecule has 1 heterocycles. The Morgan fingerprint density at radius 2 is 1.96 bits per heavy atom. The van der Waals surface area contributed by atoms with Crippen molar-refractivity contribution in [3.8, 4) is 11.8 Å². The first-order valence-corrected chi connectivity index (χ1v) is 7.70. The maximum Gasteiger partial charge on any atom is 0.269 e. The zero-order valence-corrected chi connectivity index (χ0v) is 13.6. The van der Waals surface area contributed by atoms with E-state index in [1.54, 1.807) is 36.4 Å². The van der Waals surface area contributed by atoms with Gasteiger partial charge in [-0.3, -0.25) is 30.1 Å². The fraction of sp³-hybridized carbons (Fsp3) is 0.111. The first-order valence-electron chi connectivity index (χ1n) is 7.70. The van der Waals surface area contributed by atoms with Gasteiger partial charge in [0.15, 0.2) is 6.61 Å². The third kappa shape index (κ3) is 3.62. The number of amides is 3. The van der Waals surface area contributed by atoms with Gasteiger partial charge in [-0.05, 0) is 30.3 Å². The molecule has 0 fully saturated rings. The van der Waals surface area contributed by atoms with Gasteiger partial charge in [0.05, 0.1) is 17.3 Å². The highest BCUT2D eigenvalue weighted by atomic mass is 16.5. The summed E-state index contributed by atoms with van der Waals surface area (Å²) in [6, 6.07) is 14.9. The lowest BCUT2D eigenvalue weighted by Gasteiger charge is -2.28. The topological polar surface area (TPSA) is 112 Å². The molecule has 2 N–H and O–H groups in total. The van der Waals surface area contributed by atoms with Crippen LogP contribution in [0.3, 0.4) is 0 Å². The summed E-state index contributed by atoms with van der Waals surface area (Å²) < 4.78 is 5.31. The fourth-order valence-electron chi connectivity index (χ4n) is 2.44. The number of fused-ring (bicyclic) bond motifs is 1. The molecule has 0 spiro atoms. The minimum absolute atomic E-state index is 0.155. The molecule has 0 saturated heterocycles. The minimum Gasteiger partial charge on any atom is -0.482 e. The summed E-state index contributed by atoms with van der Waals surface area (Å²) in [6.45, 7) is -0.421. The molecule has 2 aromatic carbocycles. The first kappa shape index (κ1) is 17.0. The lowest BCUT2D eigenvalue weighted by molar-refractivity contribution is -0.125. The number of ether oxygens (including phenoxy) is 1. The summed E-state index contributed by atoms with van der Waals surface area (Å²) in [7, 11) is 0. The van der Waals surface area contributed by atoms with Gasteiger partial charge < -0.3 is 4.74 Å². The van der Waals surface area contributed by atoms with Crippen LogP contribution in [0.1, 0.15) is 15.9 Å². The molecule has 0 bridgehead atoms. The van der Waals surface area contributed by atoms with Gasteiger partial charge in [-0.2, -0.15) is 5.26 Å². The highest BCUT2D eigenvalue weighted by Crippen LogP contribution is 2.31. The van der Waals surface area contributed by atoms with Crippen molar-refractivity contribution < 1.29 is 19.1 Å². The van der Waals surface area contributed by atoms with E-state index in [4.69, 9.17) is 10.00 Å². The van der Waals surface area contributed by atoms with Crippen LogP contribution in [0.4, 0.5) is 5.69 Å². The lowest BCUT2D eigenvalue weighted by Crippen LogP contribution is -2.49. The van der Waals surface area contributed by atoms with E-state index in [2.05, 4.69) is 10.9 Å². The Morgan fingerprint density at radius 1 is 1.15 bits per heavy atom. The summed E-state index contributed by atoms with van der Waals surface area (Å²) in [5.41, 5.74) is 5.58. The van der Waals surface area contributed by atoms with Gasteiger partial charge in [-0.25, -0.2) is 0 Å². The molecule has 1 aliphatic rings. The number of carbonyl (C=O) groups excluding carboxylic acids is 3. The zero-order valence-electron chi connectivity index (χ0n) is 13.6. The fourth-order valence-corrected chi connectivity index (χ4v) is 2.44. The molecule has 0 radical (unpaired) electrons. The number of hydrogen-bond acceptors (Lipinski definition) is 5. The Labute approximate surface area is 148 Å². The Balaban J connectivity index is 1.62. The van der Waals surface area contributed by atoms with E-state index in [0.717, 1.165) is 0 Å². The van der Waals surface area contributed by atoms with Crippen LogP contribution in [-0.4, -0.2) is 30.9 Å². The van der Waals surface area contributed by atoms with Gasteiger partial charge in [0.1, 0.15) is 12.3 Å². The van der Waals surface area contributed by atoms with Gasteiger partial charge in [-0.15, -0.1) is 0 Å². The zero-order chi connectivity index (χ0) is 18.5. The second-order valence-electron chi connectivity index (χ2n) is 5.43. The standard InChI is InChI=1S/C18H14N4O4/c19-9-12-4-3-5-13(8-12)18(25)21-20-16(23)10-22-14-6-1-2-7-15(14)26-11-17(22)24/h1-8H,10-11H2,(H,20,23)(H,21,25). The van der Waals surface area contributed by atoms with Crippen molar-refractivity contribution in [1.29, 1.82) is 5.26 Å². The molecule has 26 heavy (non-hydrogen) atoms. The Morgan fingerprint density at radius 3 is 2.77 bits per heavy atom. The summed E-state index contributed by atoms with van der Waals surface area (Å²) in [5.74, 6) is -0.979. The summed E-state index contributed by atoms with van der Waals surface area (Å²) in [5, 5.41) is 8.85. The summed E-state index contributed by atoms with van der Waals surface area (Å²) in [4.78, 5) is 37.5. The van der Waals surface area contributed by atoms with Crippen molar-refractivity contribution in [3.05, 3.63) is 59.7 Å². The van der Waals surface area contributed by atoms with Crippen LogP contribution in [0.5, 0.6) is 5.75 Å². The number of hydrogen-bond donors (Lipinski definition) is 2. The average molecular weight is 350 g/mol. The Kier molecular flexibility index (Phi) is 4.80. The Bertz CT molecular complexity index is 919. The number of nitrogens with zero attached hydrogens (tertiary/aromatic N) is 2. The number of anilines is 1. The van der Waals surface area contributed by atoms with Crippen LogP contribution < -0.4 is 20.5 Å². The number of nitrogens with one attached hydrogen (secondary N) is 2. The number of nitriles is 1. The third-order valence-corrected chi connectivity index (χ3v) is 3.68. The smallest absolute Gasteiger partial charge is 0.269 e. The second-order valence-corrected chi connectivity index (χ2v) is 5.43. The summed E-state index contributed by atoms with van der Waals surface area (Å²) >= 11 is 0. The van der Waals surface area contributed by atoms with Gasteiger partial charge in [0, 0.05) is 5.56 Å². The van der Waals surface area contributed by atoms with Gasteiger partial charge >= 0.3 is 0 Å². The minimum atomic E-state index is -0.570. The van der Waals surface area contributed by atoms with Crippen molar-refractivity contribution in [2.75, 3.05) is 18.1 Å². The van der Waals surface area contributed by atoms with E-state index in [-0.39, 0.29) is 24.6 Å². The maximum absolute atomic E-state index is 12.1. The van der Waals surface area contributed by atoms with Gasteiger partial charge in [-0.1, -0.05) is 18.2 Å². The molecule has 1 aliphatic heterocycles. The van der Waals surface area contributed by atoms with Crippen molar-refractivity contribution in [3.63, 3.8) is 0 Å². The van der Waals surface area contributed by atoms with Crippen LogP contribution in [-0.2, 0) is 9.59 Å². The largest absolute Gasteiger partial charge is 0.482 e. The monoisotopic (exact) mass is 350 g/mol. The Hall–Kier alpha value is -3.86. The van der Waals surface area contributed by atoms with Crippen LogP contribution in [0, 0.1) is 11.3 Å². The molecule has 8 nitrogen and oxygen atoms in total. The third-order valence-electron chi connectivity index (χ3n) is 3.68. The number of hydrazine groups is 1. The van der Waals surface area contributed by atoms with E-state index in [1.165, 1.54) is 17.0 Å². The van der Waals surface area contributed by atoms with Crippen LogP contribution in [0.15, 0.2) is 48.5 Å². The molecular formula is C18H14N4O4. The molecule has 8 heteroatoms. The van der Waals surface area contributed by atoms with Gasteiger partial charge in [0.2, 0.25) is 0 Å². The van der Waals surface area contributed by atoms with E-state index in [1.807, 2.05) is 6.07 Å². The molecule has 3 amide bonds. The molecule has 0 atom stereocenters. The van der Waals surface area contributed by atoms with Crippen LogP contribution in [0.2, 0.25) is 0 Å². The van der Waals surface area contributed by atoms with E-state index in [9.17, 15) is 14.4 Å². The van der Waals surface area contributed by atoms with Crippen LogP contribution in [0.25, 0.3) is 0 Å². The number of para-hydroxylation sites is 2. The number of carbonyl (C=O) groups is 3. The first-order chi connectivity index (χ1) is 12.6. The van der Waals surface area contributed by atoms with Crippen molar-refractivity contribution in [1.82, 2.24) is 10.9 Å². The maximum atomic E-state index is 12.1. The molecule has 0 unspecified atom stereocenters. The average Bonchev–Trinajstić information content (AvgIpc) is 2.68. The molecule has 0 aliphatic carbocycles. The highest BCUT2D eigenvalue weighted by Gasteiger charge is 2.27. The lowest BCUT2D eigenvalue weighted by atomic mass is 10.1. The number of benzene rings is 2. The van der Waals surface area contributed by atoms with Crippen molar-refractivity contribution >= 4 is 23.4 Å². The van der Waals surface area contributed by atoms with Gasteiger partial charge in [0.25, 0.3) is 17.7 Å². The van der Waals surface area contributed by atoms with E-state index < -0.39 is 11.8 Å². The molecule has 130 valence electrons. The van der Waals surface area contributed by atoms with Crippen molar-refractivity contribution in [2.24, 2.45) is 0 Å². The van der Waals surface area contributed by atoms with E-state index >= 15 is 0 Å². The molecule has 2 aromatic rings. The SMILES string of the molecule is N#Cc1cccc(C(=O)NNC(=O)CN2C(=O)COc3ccccc32)c1. The highest BCUT2D eigenvalue weighted by molar-refractivity contribution is 6.02. The van der Waals surface area contributed by atoms with Crippen molar-refractivity contribution in [2.45, 2.75) is 0 Å².